The van der Waals surface area contributed by atoms with Gasteiger partial charge in [-0.15, -0.1) is 0 Å². The summed E-state index contributed by atoms with van der Waals surface area (Å²) in [6.07, 6.45) is 17.9. The Hall–Kier alpha value is -7.13. The summed E-state index contributed by atoms with van der Waals surface area (Å²) in [5.41, 5.74) is 13.4. The number of aromatic amines is 2. The first-order valence-electron chi connectivity index (χ1n) is 24.3. The van der Waals surface area contributed by atoms with Crippen molar-refractivity contribution in [2.24, 2.45) is 18.7 Å². The predicted octanol–water partition coefficient (Wildman–Crippen LogP) is 11.4. The highest BCUT2D eigenvalue weighted by Gasteiger charge is 2.41. The number of nitrogens with zero attached hydrogens (tertiary/aromatic N) is 7. The number of para-hydroxylation sites is 2. The van der Waals surface area contributed by atoms with Crippen LogP contribution in [0, 0.1) is 11.7 Å². The van der Waals surface area contributed by atoms with Crippen molar-refractivity contribution in [1.29, 1.82) is 0 Å². The molecule has 6 heterocycles. The molecule has 3 unspecified atom stereocenters. The van der Waals surface area contributed by atoms with Crippen molar-refractivity contribution in [3.05, 3.63) is 157 Å². The maximum atomic E-state index is 16.7. The fraction of sp³-hybridized carbons (Fsp3) is 0.382. The smallest absolute Gasteiger partial charge is 0.235 e. The zero-order valence-electron chi connectivity index (χ0n) is 42.4. The number of aliphatic hydroxyl groups excluding tert-OH is 1. The molecule has 3 aromatic heterocycles. The van der Waals surface area contributed by atoms with Crippen LogP contribution >= 0.6 is 0 Å². The van der Waals surface area contributed by atoms with Gasteiger partial charge in [-0.2, -0.15) is 0 Å². The Bertz CT molecular complexity index is 2680. The highest BCUT2D eigenvalue weighted by Crippen LogP contribution is 2.50. The summed E-state index contributed by atoms with van der Waals surface area (Å²) in [6.45, 7) is 31.2. The number of ether oxygens (including phenoxy) is 1. The van der Waals surface area contributed by atoms with Gasteiger partial charge in [0.1, 0.15) is 23.2 Å². The van der Waals surface area contributed by atoms with Crippen molar-refractivity contribution in [2.75, 3.05) is 20.1 Å². The molecule has 0 aliphatic carbocycles. The average Bonchev–Trinajstić information content (AvgIpc) is 4.14. The number of carbonyl (C=O) groups excluding carboxylic acids is 1. The summed E-state index contributed by atoms with van der Waals surface area (Å²) in [5.74, 6) is 2.87. The van der Waals surface area contributed by atoms with Crippen LogP contribution in [0.25, 0.3) is 33.6 Å². The minimum Gasteiger partial charge on any atom is -0.516 e. The molecule has 3 aliphatic rings. The summed E-state index contributed by atoms with van der Waals surface area (Å²) in [7, 11) is 3.97. The number of H-pyrrole nitrogens is 2. The van der Waals surface area contributed by atoms with E-state index in [-0.39, 0.29) is 24.3 Å². The van der Waals surface area contributed by atoms with Gasteiger partial charge in [-0.05, 0) is 68.1 Å². The molecule has 14 nitrogen and oxygen atoms in total. The first kappa shape index (κ1) is 53.8. The van der Waals surface area contributed by atoms with Crippen LogP contribution in [0.4, 0.5) is 4.39 Å². The highest BCUT2D eigenvalue weighted by atomic mass is 19.1. The van der Waals surface area contributed by atoms with E-state index in [2.05, 4.69) is 120 Å². The number of carbonyl (C=O) groups is 1. The molecule has 0 bridgehead atoms. The lowest BCUT2D eigenvalue weighted by Crippen LogP contribution is -2.40. The number of nitrogens with one attached hydrogen (secondary N) is 3. The lowest BCUT2D eigenvalue weighted by molar-refractivity contribution is -0.106. The van der Waals surface area contributed by atoms with E-state index in [4.69, 9.17) is 29.6 Å². The largest absolute Gasteiger partial charge is 0.516 e. The molecule has 2 aromatic carbocycles. The van der Waals surface area contributed by atoms with Crippen LogP contribution in [0.2, 0.25) is 0 Å². The normalized spacial score (nSPS) is 16.7. The molecular weight excluding hydrogens is 882 g/mol. The molecule has 6 N–H and O–H groups in total. The summed E-state index contributed by atoms with van der Waals surface area (Å²) in [4.78, 5) is 36.9. The number of aromatic nitrogens is 6. The van der Waals surface area contributed by atoms with E-state index in [1.54, 1.807) is 12.3 Å². The summed E-state index contributed by atoms with van der Waals surface area (Å²) in [5, 5.41) is 10.7. The van der Waals surface area contributed by atoms with Crippen LogP contribution in [0.3, 0.4) is 0 Å². The molecule has 0 spiro atoms. The standard InChI is InChI=1S/C49H59FN10O.C3H8.C2H4O.CH3NO/c1-10-15-31(6)59-24-22-42(59)47-53-28-38(55-47)33(12-3)18-19-35-20-21-41-45-36(50)25-34(39-27-52-44(54-39)29-58(23-11-2)32(7)46(51-8)30(4)5)26-43(45)61-49(60(35)41)48-56-37-16-13-14-17-40(37)57(48)9;1-3-2;1-2-3;2-1-3/h12-14,16-19,21,25-28,30,42,46,49,51H,3,6-7,10-11,15,20,22-24,29H2,1-2,4-5,8-9H3,(H,52,54)(H,53,55);3H2,1-2H3;2-3H,1H2;1H,(H2,2,3)/b33-18+,35-19+;;;. The van der Waals surface area contributed by atoms with Crippen LogP contribution in [-0.2, 0) is 18.4 Å². The van der Waals surface area contributed by atoms with Crippen molar-refractivity contribution in [3.8, 4) is 17.0 Å². The average molecular weight is 956 g/mol. The number of fused-ring (bicyclic) bond motifs is 4. The van der Waals surface area contributed by atoms with Gasteiger partial charge in [-0.3, -0.25) is 4.79 Å². The Morgan fingerprint density at radius 3 is 2.43 bits per heavy atom. The fourth-order valence-corrected chi connectivity index (χ4v) is 9.04. The number of allylic oxidation sites excluding steroid dienone is 6. The first-order chi connectivity index (χ1) is 33.8. The van der Waals surface area contributed by atoms with Crippen molar-refractivity contribution in [2.45, 2.75) is 105 Å². The lowest BCUT2D eigenvalue weighted by atomic mass is 10.0. The number of nitrogens with two attached hydrogens (primary N) is 1. The topological polar surface area (TPSA) is 169 Å². The van der Waals surface area contributed by atoms with Gasteiger partial charge < -0.3 is 50.1 Å². The fourth-order valence-electron chi connectivity index (χ4n) is 9.04. The van der Waals surface area contributed by atoms with Gasteiger partial charge in [0, 0.05) is 55.3 Å². The molecule has 5 aromatic rings. The van der Waals surface area contributed by atoms with Crippen LogP contribution in [-0.4, -0.2) is 81.9 Å². The first-order valence-corrected chi connectivity index (χ1v) is 24.3. The minimum atomic E-state index is -0.674. The van der Waals surface area contributed by atoms with E-state index < -0.39 is 6.23 Å². The van der Waals surface area contributed by atoms with Crippen molar-refractivity contribution < 1.29 is 19.0 Å². The Morgan fingerprint density at radius 2 is 1.81 bits per heavy atom. The van der Waals surface area contributed by atoms with Crippen LogP contribution in [0.5, 0.6) is 5.75 Å². The molecule has 1 amide bonds. The molecule has 70 heavy (non-hydrogen) atoms. The maximum Gasteiger partial charge on any atom is 0.235 e. The third-order valence-electron chi connectivity index (χ3n) is 12.3. The number of halogens is 1. The number of amides is 1. The number of primary amides is 1. The summed E-state index contributed by atoms with van der Waals surface area (Å²) < 4.78 is 25.7. The lowest BCUT2D eigenvalue weighted by Gasteiger charge is -2.43. The van der Waals surface area contributed by atoms with Crippen LogP contribution < -0.4 is 15.8 Å². The number of hydrogen-bond donors (Lipinski definition) is 5. The minimum absolute atomic E-state index is 0.140. The van der Waals surface area contributed by atoms with E-state index in [1.807, 2.05) is 62.8 Å². The van der Waals surface area contributed by atoms with Gasteiger partial charge in [0.2, 0.25) is 12.6 Å². The predicted molar refractivity (Wildman–Crippen MR) is 282 cm³/mol. The number of aryl methyl sites for hydroxylation is 1. The molecule has 3 atom stereocenters. The number of likely N-dealkylation sites (tertiary alicyclic amines) is 1. The van der Waals surface area contributed by atoms with Gasteiger partial charge in [0.25, 0.3) is 0 Å². The molecule has 1 fully saturated rings. The van der Waals surface area contributed by atoms with Gasteiger partial charge in [0.05, 0.1) is 64.9 Å². The Labute approximate surface area is 413 Å². The van der Waals surface area contributed by atoms with E-state index in [0.29, 0.717) is 47.3 Å². The monoisotopic (exact) mass is 956 g/mol. The molecule has 15 heteroatoms. The van der Waals surface area contributed by atoms with Crippen LogP contribution in [0.1, 0.15) is 121 Å². The highest BCUT2D eigenvalue weighted by molar-refractivity contribution is 5.80. The zero-order chi connectivity index (χ0) is 51.1. The number of rotatable bonds is 17. The summed E-state index contributed by atoms with van der Waals surface area (Å²) >= 11 is 0. The molecule has 374 valence electrons. The Kier molecular flexibility index (Phi) is 19.6. The van der Waals surface area contributed by atoms with Gasteiger partial charge in [-0.25, -0.2) is 19.3 Å². The number of imidazole rings is 3. The second-order valence-corrected chi connectivity index (χ2v) is 17.7. The molecular formula is C55H74FN11O3. The number of hydrogen-bond acceptors (Lipinski definition) is 10. The van der Waals surface area contributed by atoms with Crippen molar-refractivity contribution in [3.63, 3.8) is 0 Å². The Balaban J connectivity index is 0.000000943. The van der Waals surface area contributed by atoms with Gasteiger partial charge >= 0.3 is 0 Å². The van der Waals surface area contributed by atoms with Crippen molar-refractivity contribution in [1.82, 2.24) is 49.5 Å². The Morgan fingerprint density at radius 1 is 1.10 bits per heavy atom. The number of aliphatic hydroxyl groups is 1. The third kappa shape index (κ3) is 12.0. The van der Waals surface area contributed by atoms with E-state index in [0.717, 1.165) is 102 Å². The maximum absolute atomic E-state index is 16.7. The van der Waals surface area contributed by atoms with E-state index in [9.17, 15) is 0 Å². The van der Waals surface area contributed by atoms with Crippen LogP contribution in [0.15, 0.2) is 123 Å². The molecule has 3 aliphatic heterocycles. The summed E-state index contributed by atoms with van der Waals surface area (Å²) in [6, 6.07) is 11.9. The van der Waals surface area contributed by atoms with Gasteiger partial charge in [-0.1, -0.05) is 111 Å². The molecule has 0 saturated carbocycles. The number of likely N-dealkylation sites (N-methyl/N-ethyl adjacent to an activating group) is 1. The van der Waals surface area contributed by atoms with Crippen molar-refractivity contribution >= 4 is 28.7 Å². The quantitative estimate of drug-likeness (QED) is 0.0343. The molecule has 1 saturated heterocycles. The second kappa shape index (κ2) is 25.5. The van der Waals surface area contributed by atoms with Gasteiger partial charge in [0.15, 0.2) is 5.82 Å². The molecule has 8 rings (SSSR count). The number of benzene rings is 2. The molecule has 0 radical (unpaired) electrons. The van der Waals surface area contributed by atoms with E-state index >= 15 is 4.39 Å². The second-order valence-electron chi connectivity index (χ2n) is 17.7. The van der Waals surface area contributed by atoms with E-state index in [1.165, 1.54) is 6.42 Å². The SMILES string of the molecule is C=C/C(=C\C=C1/CC=C2c3c(F)cc(-c4cnc(CN(CCC)C(=C)C(NC)C(C)C)[nH]4)cc3OC(c3nc4ccccc4n3C)N21)c1cnc(C2CCN2C(=C)CCC)[nH]1.C=CO.CCC.NC=O. The third-order valence-corrected chi connectivity index (χ3v) is 12.3. The zero-order valence-corrected chi connectivity index (χ0v) is 42.4.